The molecule has 4 rings (SSSR count). The van der Waals surface area contributed by atoms with Crippen LogP contribution >= 0.6 is 23.8 Å². The summed E-state index contributed by atoms with van der Waals surface area (Å²) < 4.78 is 39.3. The second-order valence-electron chi connectivity index (χ2n) is 7.35. The number of nitrogens with zero attached hydrogens (tertiary/aromatic N) is 2. The Morgan fingerprint density at radius 2 is 1.76 bits per heavy atom. The summed E-state index contributed by atoms with van der Waals surface area (Å²) in [6, 6.07) is 12.6. The molecule has 1 aliphatic carbocycles. The Labute approximate surface area is 177 Å². The molecule has 152 valence electrons. The third-order valence-electron chi connectivity index (χ3n) is 5.47. The van der Waals surface area contributed by atoms with Crippen LogP contribution in [0.4, 0.5) is 24.5 Å². The van der Waals surface area contributed by atoms with Crippen molar-refractivity contribution in [1.82, 2.24) is 0 Å². The Morgan fingerprint density at radius 1 is 1.03 bits per heavy atom. The van der Waals surface area contributed by atoms with E-state index in [9.17, 15) is 13.2 Å². The number of halogens is 4. The molecule has 2 aliphatic rings. The SMILES string of the molecule is FC(F)(F)c1cccc(NC2=NC(=S)N(c3cccc(Cl)c3)C23CCCCC3)c1. The highest BCUT2D eigenvalue weighted by molar-refractivity contribution is 7.80. The monoisotopic (exact) mass is 437 g/mol. The summed E-state index contributed by atoms with van der Waals surface area (Å²) in [5.74, 6) is 0.599. The van der Waals surface area contributed by atoms with Crippen LogP contribution in [0.5, 0.6) is 0 Å². The standard InChI is InChI=1S/C21H19ClF3N3S/c22-15-7-5-9-17(13-15)28-19(29)27-18(20(28)10-2-1-3-11-20)26-16-8-4-6-14(12-16)21(23,24)25/h4-9,12-13H,1-3,10-11H2,(H,26,27,29). The Kier molecular flexibility index (Phi) is 5.29. The van der Waals surface area contributed by atoms with Gasteiger partial charge in [-0.15, -0.1) is 0 Å². The normalized spacial score (nSPS) is 18.8. The van der Waals surface area contributed by atoms with E-state index in [1.54, 1.807) is 12.1 Å². The van der Waals surface area contributed by atoms with Gasteiger partial charge in [0, 0.05) is 16.4 Å². The summed E-state index contributed by atoms with van der Waals surface area (Å²) in [6.07, 6.45) is 0.301. The Hall–Kier alpha value is -2.12. The molecule has 0 amide bonds. The first-order valence-electron chi connectivity index (χ1n) is 9.43. The van der Waals surface area contributed by atoms with Gasteiger partial charge in [0.15, 0.2) is 0 Å². The van der Waals surface area contributed by atoms with Crippen molar-refractivity contribution in [2.24, 2.45) is 4.99 Å². The first kappa shape index (κ1) is 20.2. The van der Waals surface area contributed by atoms with Gasteiger partial charge in [0.2, 0.25) is 5.11 Å². The third-order valence-corrected chi connectivity index (χ3v) is 5.98. The van der Waals surface area contributed by atoms with Crippen molar-refractivity contribution in [2.75, 3.05) is 10.2 Å². The van der Waals surface area contributed by atoms with Crippen molar-refractivity contribution in [3.63, 3.8) is 0 Å². The van der Waals surface area contributed by atoms with E-state index in [1.807, 2.05) is 23.1 Å². The number of alkyl halides is 3. The summed E-state index contributed by atoms with van der Waals surface area (Å²) in [7, 11) is 0. The van der Waals surface area contributed by atoms with E-state index in [1.165, 1.54) is 6.07 Å². The predicted molar refractivity (Wildman–Crippen MR) is 115 cm³/mol. The first-order valence-corrected chi connectivity index (χ1v) is 10.2. The van der Waals surface area contributed by atoms with Crippen LogP contribution in [-0.4, -0.2) is 16.5 Å². The minimum absolute atomic E-state index is 0.347. The summed E-state index contributed by atoms with van der Waals surface area (Å²) in [5, 5.41) is 4.13. The van der Waals surface area contributed by atoms with Crippen molar-refractivity contribution < 1.29 is 13.2 Å². The fourth-order valence-corrected chi connectivity index (χ4v) is 4.72. The van der Waals surface area contributed by atoms with Crippen molar-refractivity contribution in [3.05, 3.63) is 59.1 Å². The average molecular weight is 438 g/mol. The van der Waals surface area contributed by atoms with E-state index in [-0.39, 0.29) is 0 Å². The molecule has 3 nitrogen and oxygen atoms in total. The maximum atomic E-state index is 13.1. The maximum absolute atomic E-state index is 13.1. The zero-order chi connectivity index (χ0) is 20.6. The molecule has 2 aromatic rings. The molecule has 0 unspecified atom stereocenters. The number of nitrogens with one attached hydrogen (secondary N) is 1. The smallest absolute Gasteiger partial charge is 0.342 e. The molecule has 0 bridgehead atoms. The summed E-state index contributed by atoms with van der Waals surface area (Å²) in [5.41, 5.74) is -0.0184. The van der Waals surface area contributed by atoms with Gasteiger partial charge in [-0.3, -0.25) is 0 Å². The highest BCUT2D eigenvalue weighted by atomic mass is 35.5. The molecule has 0 saturated heterocycles. The Bertz CT molecular complexity index is 968. The van der Waals surface area contributed by atoms with Crippen LogP contribution in [-0.2, 0) is 6.18 Å². The molecule has 1 N–H and O–H groups in total. The molecule has 1 saturated carbocycles. The van der Waals surface area contributed by atoms with Crippen LogP contribution in [0.15, 0.2) is 53.5 Å². The highest BCUT2D eigenvalue weighted by Gasteiger charge is 2.49. The molecular formula is C21H19ClF3N3S. The maximum Gasteiger partial charge on any atom is 0.416 e. The zero-order valence-electron chi connectivity index (χ0n) is 15.5. The van der Waals surface area contributed by atoms with Crippen molar-refractivity contribution in [3.8, 4) is 0 Å². The molecule has 1 fully saturated rings. The van der Waals surface area contributed by atoms with Crippen LogP contribution in [0.1, 0.15) is 37.7 Å². The van der Waals surface area contributed by atoms with E-state index >= 15 is 0 Å². The topological polar surface area (TPSA) is 27.6 Å². The van der Waals surface area contributed by atoms with Gasteiger partial charge >= 0.3 is 6.18 Å². The minimum Gasteiger partial charge on any atom is -0.342 e. The Morgan fingerprint density at radius 3 is 2.45 bits per heavy atom. The predicted octanol–water partition coefficient (Wildman–Crippen LogP) is 6.68. The summed E-state index contributed by atoms with van der Waals surface area (Å²) in [6.45, 7) is 0. The molecule has 1 heterocycles. The minimum atomic E-state index is -4.40. The molecule has 8 heteroatoms. The molecule has 0 atom stereocenters. The summed E-state index contributed by atoms with van der Waals surface area (Å²) >= 11 is 11.8. The molecule has 29 heavy (non-hydrogen) atoms. The van der Waals surface area contributed by atoms with E-state index in [0.29, 0.717) is 21.7 Å². The van der Waals surface area contributed by atoms with E-state index in [2.05, 4.69) is 10.3 Å². The largest absolute Gasteiger partial charge is 0.416 e. The number of aliphatic imine (C=N–C) groups is 1. The molecule has 0 radical (unpaired) electrons. The van der Waals surface area contributed by atoms with Gasteiger partial charge in [-0.1, -0.05) is 43.0 Å². The second-order valence-corrected chi connectivity index (χ2v) is 8.16. The lowest BCUT2D eigenvalue weighted by atomic mass is 9.79. The van der Waals surface area contributed by atoms with Crippen molar-refractivity contribution in [1.29, 1.82) is 0 Å². The zero-order valence-corrected chi connectivity index (χ0v) is 17.0. The highest BCUT2D eigenvalue weighted by Crippen LogP contribution is 2.43. The number of rotatable bonds is 2. The van der Waals surface area contributed by atoms with Crippen LogP contribution in [0.3, 0.4) is 0 Å². The van der Waals surface area contributed by atoms with Gasteiger partial charge in [-0.25, -0.2) is 4.99 Å². The van der Waals surface area contributed by atoms with E-state index in [4.69, 9.17) is 23.8 Å². The number of anilines is 2. The lowest BCUT2D eigenvalue weighted by molar-refractivity contribution is -0.137. The second kappa shape index (κ2) is 7.61. The van der Waals surface area contributed by atoms with Gasteiger partial charge in [-0.05, 0) is 61.5 Å². The van der Waals surface area contributed by atoms with Gasteiger partial charge in [-0.2, -0.15) is 13.2 Å². The third kappa shape index (κ3) is 3.85. The fraction of sp³-hybridized carbons (Fsp3) is 0.333. The first-order chi connectivity index (χ1) is 13.8. The fourth-order valence-electron chi connectivity index (χ4n) is 4.16. The number of hydrogen-bond acceptors (Lipinski definition) is 2. The number of thiocarbonyl (C=S) groups is 1. The lowest BCUT2D eigenvalue weighted by Crippen LogP contribution is -2.55. The van der Waals surface area contributed by atoms with Crippen LogP contribution in [0.25, 0.3) is 0 Å². The van der Waals surface area contributed by atoms with Crippen LogP contribution < -0.4 is 10.2 Å². The molecule has 1 aliphatic heterocycles. The lowest BCUT2D eigenvalue weighted by Gasteiger charge is -2.43. The quantitative estimate of drug-likeness (QED) is 0.531. The Balaban J connectivity index is 1.71. The van der Waals surface area contributed by atoms with Crippen molar-refractivity contribution >= 4 is 46.1 Å². The van der Waals surface area contributed by atoms with Gasteiger partial charge in [0.05, 0.1) is 5.56 Å². The summed E-state index contributed by atoms with van der Waals surface area (Å²) in [4.78, 5) is 6.58. The molecule has 2 aromatic carbocycles. The van der Waals surface area contributed by atoms with Gasteiger partial charge in [0.25, 0.3) is 0 Å². The van der Waals surface area contributed by atoms with Gasteiger partial charge in [0.1, 0.15) is 11.4 Å². The number of amidine groups is 1. The van der Waals surface area contributed by atoms with Crippen LogP contribution in [0.2, 0.25) is 5.02 Å². The number of benzene rings is 2. The van der Waals surface area contributed by atoms with Crippen LogP contribution in [0, 0.1) is 0 Å². The molecular weight excluding hydrogens is 419 g/mol. The van der Waals surface area contributed by atoms with E-state index in [0.717, 1.165) is 49.9 Å². The van der Waals surface area contributed by atoms with E-state index < -0.39 is 17.3 Å². The van der Waals surface area contributed by atoms with Gasteiger partial charge < -0.3 is 10.2 Å². The average Bonchev–Trinajstić information content (AvgIpc) is 2.92. The molecule has 1 spiro atoms. The molecule has 0 aromatic heterocycles. The number of hydrogen-bond donors (Lipinski definition) is 1. The van der Waals surface area contributed by atoms with Crippen molar-refractivity contribution in [2.45, 2.75) is 43.8 Å².